The molecule has 0 saturated heterocycles. The Hall–Kier alpha value is -1.18. The van der Waals surface area contributed by atoms with Crippen molar-refractivity contribution in [3.8, 4) is 11.4 Å². The summed E-state index contributed by atoms with van der Waals surface area (Å²) in [6.45, 7) is 11.4. The minimum absolute atomic E-state index is 0.334. The van der Waals surface area contributed by atoms with Crippen LogP contribution in [0.4, 0.5) is 5.82 Å². The number of anilines is 1. The van der Waals surface area contributed by atoms with Gasteiger partial charge in [0.1, 0.15) is 5.82 Å². The predicted molar refractivity (Wildman–Crippen MR) is 94.6 cm³/mol. The molecule has 0 aliphatic heterocycles. The largest absolute Gasteiger partial charge is 0.369 e. The van der Waals surface area contributed by atoms with Crippen molar-refractivity contribution in [1.29, 1.82) is 0 Å². The zero-order valence-electron chi connectivity index (χ0n) is 13.2. The lowest BCUT2D eigenvalue weighted by Crippen LogP contribution is -2.09. The summed E-state index contributed by atoms with van der Waals surface area (Å²) in [6.07, 6.45) is 3.84. The Bertz CT molecular complexity index is 619. The molecule has 0 fully saturated rings. The molecule has 0 atom stereocenters. The maximum absolute atomic E-state index is 4.75. The summed E-state index contributed by atoms with van der Waals surface area (Å²) >= 11 is 2.32. The van der Waals surface area contributed by atoms with Gasteiger partial charge in [-0.15, -0.1) is 0 Å². The fourth-order valence-corrected chi connectivity index (χ4v) is 3.05. The molecule has 0 unspecified atom stereocenters. The molecule has 6 heteroatoms. The maximum Gasteiger partial charge on any atom is 0.165 e. The van der Waals surface area contributed by atoms with Crippen molar-refractivity contribution in [3.05, 3.63) is 21.7 Å². The third-order valence-electron chi connectivity index (χ3n) is 3.16. The zero-order chi connectivity index (χ0) is 15.6. The van der Waals surface area contributed by atoms with Crippen LogP contribution in [0.5, 0.6) is 0 Å². The number of rotatable bonds is 5. The normalized spacial score (nSPS) is 11.4. The Balaban J connectivity index is 2.51. The van der Waals surface area contributed by atoms with Gasteiger partial charge in [-0.3, -0.25) is 4.68 Å². The van der Waals surface area contributed by atoms with Gasteiger partial charge in [0.05, 0.1) is 21.0 Å². The van der Waals surface area contributed by atoms with Crippen molar-refractivity contribution in [2.24, 2.45) is 0 Å². The molecule has 0 bridgehead atoms. The summed E-state index contributed by atoms with van der Waals surface area (Å²) in [4.78, 5) is 9.41. The molecule has 5 nitrogen and oxygen atoms in total. The summed E-state index contributed by atoms with van der Waals surface area (Å²) in [5.41, 5.74) is 2.04. The summed E-state index contributed by atoms with van der Waals surface area (Å²) in [7, 11) is 0. The van der Waals surface area contributed by atoms with E-state index in [0.717, 1.165) is 33.0 Å². The number of nitrogens with zero attached hydrogens (tertiary/aromatic N) is 4. The molecule has 0 aliphatic carbocycles. The minimum atomic E-state index is 0.334. The highest BCUT2D eigenvalue weighted by molar-refractivity contribution is 14.1. The maximum atomic E-state index is 4.75. The van der Waals surface area contributed by atoms with Crippen molar-refractivity contribution in [2.45, 2.75) is 46.6 Å². The van der Waals surface area contributed by atoms with Gasteiger partial charge in [-0.2, -0.15) is 5.10 Å². The second kappa shape index (κ2) is 6.72. The molecule has 2 heterocycles. The summed E-state index contributed by atoms with van der Waals surface area (Å²) in [6, 6.07) is 0.334. The first-order valence-electron chi connectivity index (χ1n) is 7.29. The van der Waals surface area contributed by atoms with Gasteiger partial charge >= 0.3 is 0 Å². The van der Waals surface area contributed by atoms with Crippen molar-refractivity contribution < 1.29 is 0 Å². The number of halogens is 1. The van der Waals surface area contributed by atoms with E-state index in [1.165, 1.54) is 0 Å². The van der Waals surface area contributed by atoms with Crippen LogP contribution in [0.2, 0.25) is 0 Å². The van der Waals surface area contributed by atoms with Crippen LogP contribution in [0.1, 0.15) is 52.3 Å². The minimum Gasteiger partial charge on any atom is -0.369 e. The van der Waals surface area contributed by atoms with Crippen molar-refractivity contribution >= 4 is 28.4 Å². The first kappa shape index (κ1) is 16.2. The molecule has 1 N–H and O–H groups in total. The molecule has 0 saturated carbocycles. The Kier molecular flexibility index (Phi) is 5.18. The van der Waals surface area contributed by atoms with Gasteiger partial charge in [0.25, 0.3) is 0 Å². The molecular weight excluding hydrogens is 377 g/mol. The van der Waals surface area contributed by atoms with E-state index in [1.54, 1.807) is 0 Å². The Morgan fingerprint density at radius 1 is 1.24 bits per heavy atom. The average molecular weight is 399 g/mol. The van der Waals surface area contributed by atoms with Gasteiger partial charge in [0.15, 0.2) is 5.82 Å². The molecule has 0 aliphatic rings. The van der Waals surface area contributed by atoms with E-state index in [2.05, 4.69) is 72.6 Å². The molecule has 0 aromatic carbocycles. The van der Waals surface area contributed by atoms with E-state index in [-0.39, 0.29) is 0 Å². The molecule has 2 aromatic rings. The number of aromatic nitrogens is 4. The van der Waals surface area contributed by atoms with E-state index in [0.29, 0.717) is 12.0 Å². The number of nitrogens with one attached hydrogen (secondary N) is 1. The second-order valence-electron chi connectivity index (χ2n) is 5.58. The van der Waals surface area contributed by atoms with E-state index in [1.807, 2.05) is 17.1 Å². The van der Waals surface area contributed by atoms with E-state index in [4.69, 9.17) is 4.98 Å². The Labute approximate surface area is 139 Å². The molecule has 0 spiro atoms. The second-order valence-corrected chi connectivity index (χ2v) is 6.66. The topological polar surface area (TPSA) is 55.6 Å². The predicted octanol–water partition coefficient (Wildman–Crippen LogP) is 4.08. The lowest BCUT2D eigenvalue weighted by atomic mass is 10.1. The summed E-state index contributed by atoms with van der Waals surface area (Å²) < 4.78 is 3.03. The average Bonchev–Trinajstić information content (AvgIpc) is 2.90. The standard InChI is InChI=1S/C15H22IN5/c1-6-17-15-12(16)13(9(2)3)19-14(20-15)11-7-18-21(8-11)10(4)5/h7-10H,6H2,1-5H3,(H,17,19,20). The third-order valence-corrected chi connectivity index (χ3v) is 4.22. The fraction of sp³-hybridized carbons (Fsp3) is 0.533. The lowest BCUT2D eigenvalue weighted by Gasteiger charge is -2.13. The van der Waals surface area contributed by atoms with Crippen LogP contribution in [0.3, 0.4) is 0 Å². The Morgan fingerprint density at radius 2 is 1.95 bits per heavy atom. The molecule has 21 heavy (non-hydrogen) atoms. The van der Waals surface area contributed by atoms with Gasteiger partial charge in [0.2, 0.25) is 0 Å². The van der Waals surface area contributed by atoms with Gasteiger partial charge in [-0.05, 0) is 49.3 Å². The van der Waals surface area contributed by atoms with E-state index in [9.17, 15) is 0 Å². The van der Waals surface area contributed by atoms with Gasteiger partial charge < -0.3 is 5.32 Å². The van der Waals surface area contributed by atoms with E-state index >= 15 is 0 Å². The van der Waals surface area contributed by atoms with E-state index < -0.39 is 0 Å². The smallest absolute Gasteiger partial charge is 0.165 e. The number of hydrogen-bond acceptors (Lipinski definition) is 4. The molecule has 0 radical (unpaired) electrons. The first-order chi connectivity index (χ1) is 9.93. The molecule has 0 amide bonds. The van der Waals surface area contributed by atoms with Crippen molar-refractivity contribution in [2.75, 3.05) is 11.9 Å². The molecular formula is C15H22IN5. The van der Waals surface area contributed by atoms with Gasteiger partial charge in [0, 0.05) is 18.8 Å². The van der Waals surface area contributed by atoms with Crippen molar-refractivity contribution in [1.82, 2.24) is 19.7 Å². The fourth-order valence-electron chi connectivity index (χ4n) is 2.00. The summed E-state index contributed by atoms with van der Waals surface area (Å²) in [5, 5.41) is 7.70. The monoisotopic (exact) mass is 399 g/mol. The van der Waals surface area contributed by atoms with Crippen LogP contribution < -0.4 is 5.32 Å². The van der Waals surface area contributed by atoms with Crippen LogP contribution in [0, 0.1) is 3.57 Å². The van der Waals surface area contributed by atoms with Crippen LogP contribution in [0.15, 0.2) is 12.4 Å². The van der Waals surface area contributed by atoms with Gasteiger partial charge in [-0.1, -0.05) is 13.8 Å². The van der Waals surface area contributed by atoms with Crippen LogP contribution in [-0.2, 0) is 0 Å². The van der Waals surface area contributed by atoms with Crippen molar-refractivity contribution in [3.63, 3.8) is 0 Å². The highest BCUT2D eigenvalue weighted by Crippen LogP contribution is 2.28. The lowest BCUT2D eigenvalue weighted by molar-refractivity contribution is 0.532. The highest BCUT2D eigenvalue weighted by Gasteiger charge is 2.16. The molecule has 114 valence electrons. The SMILES string of the molecule is CCNc1nc(-c2cnn(C(C)C)c2)nc(C(C)C)c1I. The molecule has 2 rings (SSSR count). The van der Waals surface area contributed by atoms with Crippen LogP contribution >= 0.6 is 22.6 Å². The number of hydrogen-bond donors (Lipinski definition) is 1. The molecule has 2 aromatic heterocycles. The van der Waals surface area contributed by atoms with Gasteiger partial charge in [-0.25, -0.2) is 9.97 Å². The summed E-state index contributed by atoms with van der Waals surface area (Å²) in [5.74, 6) is 2.00. The quantitative estimate of drug-likeness (QED) is 0.770. The third kappa shape index (κ3) is 3.53. The van der Waals surface area contributed by atoms with Crippen LogP contribution in [-0.4, -0.2) is 26.3 Å². The zero-order valence-corrected chi connectivity index (χ0v) is 15.3. The van der Waals surface area contributed by atoms with Crippen LogP contribution in [0.25, 0.3) is 11.4 Å². The Morgan fingerprint density at radius 3 is 2.48 bits per heavy atom. The highest BCUT2D eigenvalue weighted by atomic mass is 127. The first-order valence-corrected chi connectivity index (χ1v) is 8.37.